The number of hydrogen-bond acceptors (Lipinski definition) is 1. The molecule has 0 radical (unpaired) electrons. The molecule has 3 atom stereocenters. The molecule has 1 heteroatoms. The third-order valence-corrected chi connectivity index (χ3v) is 4.59. The third kappa shape index (κ3) is 1.02. The van der Waals surface area contributed by atoms with E-state index in [9.17, 15) is 0 Å². The summed E-state index contributed by atoms with van der Waals surface area (Å²) >= 11 is 0. The van der Waals surface area contributed by atoms with Crippen molar-refractivity contribution in [2.24, 2.45) is 11.8 Å². The van der Waals surface area contributed by atoms with Crippen molar-refractivity contribution in [3.8, 4) is 0 Å². The van der Waals surface area contributed by atoms with Crippen molar-refractivity contribution in [3.63, 3.8) is 0 Å². The maximum absolute atomic E-state index is 2.58. The second-order valence-corrected chi connectivity index (χ2v) is 5.02. The van der Waals surface area contributed by atoms with Gasteiger partial charge in [0, 0.05) is 0 Å². The van der Waals surface area contributed by atoms with Crippen LogP contribution in [0.1, 0.15) is 25.3 Å². The highest BCUT2D eigenvalue weighted by atomic mass is 15.3. The van der Waals surface area contributed by atoms with Crippen LogP contribution < -0.4 is 0 Å². The van der Waals surface area contributed by atoms with Crippen LogP contribution in [0.5, 0.6) is 0 Å². The number of nitrogens with zero attached hydrogens (tertiary/aromatic N) is 1. The average Bonchev–Trinajstić information content (AvgIpc) is 2.84. The minimum absolute atomic E-state index is 0.413. The Kier molecular flexibility index (Phi) is 1.93. The van der Waals surface area contributed by atoms with Crippen molar-refractivity contribution in [1.29, 1.82) is 0 Å². The summed E-state index contributed by atoms with van der Waals surface area (Å²) in [5, 5.41) is 0. The molecule has 0 amide bonds. The van der Waals surface area contributed by atoms with Crippen molar-refractivity contribution >= 4 is 0 Å². The molecule has 0 aromatic heterocycles. The molecule has 1 aromatic rings. The summed E-state index contributed by atoms with van der Waals surface area (Å²) in [4.78, 5) is 2.58. The van der Waals surface area contributed by atoms with Gasteiger partial charge in [0.15, 0.2) is 0 Å². The molecule has 0 N–H and O–H groups in total. The number of piperidine rings is 1. The first-order valence-corrected chi connectivity index (χ1v) is 6.08. The van der Waals surface area contributed by atoms with Crippen LogP contribution in [0.15, 0.2) is 30.3 Å². The number of rotatable bonds is 2. The molecule has 1 saturated heterocycles. The SMILES string of the molecule is CC[C@@H]1[C@H]2CCN(C)[C@@]12c1ccccc1. The van der Waals surface area contributed by atoms with Gasteiger partial charge in [-0.15, -0.1) is 0 Å². The van der Waals surface area contributed by atoms with E-state index >= 15 is 0 Å². The first-order chi connectivity index (χ1) is 7.31. The fourth-order valence-corrected chi connectivity index (χ4v) is 3.98. The van der Waals surface area contributed by atoms with Crippen molar-refractivity contribution in [1.82, 2.24) is 4.90 Å². The van der Waals surface area contributed by atoms with Gasteiger partial charge in [0.25, 0.3) is 0 Å². The van der Waals surface area contributed by atoms with Crippen molar-refractivity contribution in [2.75, 3.05) is 13.6 Å². The van der Waals surface area contributed by atoms with Gasteiger partial charge in [-0.05, 0) is 37.4 Å². The van der Waals surface area contributed by atoms with Crippen LogP contribution in [0.3, 0.4) is 0 Å². The minimum atomic E-state index is 0.413. The van der Waals surface area contributed by atoms with E-state index in [-0.39, 0.29) is 0 Å². The molecular formula is C14H19N. The summed E-state index contributed by atoms with van der Waals surface area (Å²) in [5.41, 5.74) is 1.96. The quantitative estimate of drug-likeness (QED) is 0.711. The Balaban J connectivity index is 2.03. The Hall–Kier alpha value is -0.820. The van der Waals surface area contributed by atoms with Crippen LogP contribution in [0, 0.1) is 11.8 Å². The summed E-state index contributed by atoms with van der Waals surface area (Å²) in [7, 11) is 2.29. The van der Waals surface area contributed by atoms with E-state index < -0.39 is 0 Å². The Morgan fingerprint density at radius 2 is 2.07 bits per heavy atom. The highest BCUT2D eigenvalue weighted by molar-refractivity contribution is 5.37. The molecule has 1 aliphatic carbocycles. The second-order valence-electron chi connectivity index (χ2n) is 5.02. The van der Waals surface area contributed by atoms with Gasteiger partial charge in [-0.3, -0.25) is 4.90 Å². The van der Waals surface area contributed by atoms with Crippen molar-refractivity contribution in [3.05, 3.63) is 35.9 Å². The standard InChI is InChI=1S/C14H19N/c1-3-12-13-9-10-15(2)14(12,13)11-7-5-4-6-8-11/h4-8,12-13H,3,9-10H2,1-2H3/t12-,13-,14+/m1/s1. The second kappa shape index (κ2) is 3.08. The lowest BCUT2D eigenvalue weighted by atomic mass is 10.0. The van der Waals surface area contributed by atoms with Gasteiger partial charge in [0.2, 0.25) is 0 Å². The number of hydrogen-bond donors (Lipinski definition) is 0. The maximum atomic E-state index is 2.58. The van der Waals surface area contributed by atoms with Gasteiger partial charge in [0.05, 0.1) is 5.54 Å². The fraction of sp³-hybridized carbons (Fsp3) is 0.571. The van der Waals surface area contributed by atoms with Gasteiger partial charge in [-0.25, -0.2) is 0 Å². The lowest BCUT2D eigenvalue weighted by Crippen LogP contribution is -2.31. The molecule has 3 rings (SSSR count). The Morgan fingerprint density at radius 1 is 1.33 bits per heavy atom. The largest absolute Gasteiger partial charge is 0.296 e. The summed E-state index contributed by atoms with van der Waals surface area (Å²) in [6, 6.07) is 11.1. The third-order valence-electron chi connectivity index (χ3n) is 4.59. The molecule has 80 valence electrons. The summed E-state index contributed by atoms with van der Waals surface area (Å²) in [6.07, 6.45) is 2.72. The molecule has 0 spiro atoms. The van der Waals surface area contributed by atoms with E-state index in [1.807, 2.05) is 0 Å². The van der Waals surface area contributed by atoms with Gasteiger partial charge >= 0.3 is 0 Å². The number of fused-ring (bicyclic) bond motifs is 1. The van der Waals surface area contributed by atoms with Crippen LogP contribution in [0.25, 0.3) is 0 Å². The van der Waals surface area contributed by atoms with E-state index in [1.54, 1.807) is 5.56 Å². The van der Waals surface area contributed by atoms with Crippen LogP contribution in [-0.4, -0.2) is 18.5 Å². The van der Waals surface area contributed by atoms with Crippen molar-refractivity contribution < 1.29 is 0 Å². The summed E-state index contributed by atoms with van der Waals surface area (Å²) in [5.74, 6) is 1.83. The van der Waals surface area contributed by atoms with E-state index in [0.717, 1.165) is 11.8 Å². The number of likely N-dealkylation sites (tertiary alicyclic amines) is 1. The Morgan fingerprint density at radius 3 is 2.67 bits per heavy atom. The van der Waals surface area contributed by atoms with E-state index in [2.05, 4.69) is 49.2 Å². The highest BCUT2D eigenvalue weighted by Crippen LogP contribution is 2.67. The molecule has 1 aliphatic heterocycles. The zero-order valence-electron chi connectivity index (χ0n) is 9.61. The van der Waals surface area contributed by atoms with Gasteiger partial charge < -0.3 is 0 Å². The van der Waals surface area contributed by atoms with Gasteiger partial charge in [0.1, 0.15) is 0 Å². The lowest BCUT2D eigenvalue weighted by Gasteiger charge is -2.26. The van der Waals surface area contributed by atoms with Crippen LogP contribution >= 0.6 is 0 Å². The van der Waals surface area contributed by atoms with Gasteiger partial charge in [-0.1, -0.05) is 43.7 Å². The Labute approximate surface area is 92.1 Å². The molecule has 2 aliphatic rings. The average molecular weight is 201 g/mol. The van der Waals surface area contributed by atoms with E-state index in [1.165, 1.54) is 19.4 Å². The summed E-state index contributed by atoms with van der Waals surface area (Å²) < 4.78 is 0. The molecule has 15 heavy (non-hydrogen) atoms. The molecule has 0 bridgehead atoms. The molecule has 0 unspecified atom stereocenters. The fourth-order valence-electron chi connectivity index (χ4n) is 3.98. The smallest absolute Gasteiger partial charge is 0.0521 e. The van der Waals surface area contributed by atoms with Crippen LogP contribution in [0.2, 0.25) is 0 Å². The van der Waals surface area contributed by atoms with Crippen molar-refractivity contribution in [2.45, 2.75) is 25.3 Å². The minimum Gasteiger partial charge on any atom is -0.296 e. The first-order valence-electron chi connectivity index (χ1n) is 6.08. The van der Waals surface area contributed by atoms with Crippen LogP contribution in [0.4, 0.5) is 0 Å². The van der Waals surface area contributed by atoms with Crippen LogP contribution in [-0.2, 0) is 5.54 Å². The molecule has 1 heterocycles. The predicted molar refractivity (Wildman–Crippen MR) is 62.6 cm³/mol. The van der Waals surface area contributed by atoms with Gasteiger partial charge in [-0.2, -0.15) is 0 Å². The summed E-state index contributed by atoms with van der Waals surface area (Å²) in [6.45, 7) is 3.61. The topological polar surface area (TPSA) is 3.24 Å². The van der Waals surface area contributed by atoms with E-state index in [4.69, 9.17) is 0 Å². The lowest BCUT2D eigenvalue weighted by molar-refractivity contribution is 0.234. The normalized spacial score (nSPS) is 39.1. The zero-order chi connectivity index (χ0) is 10.5. The Bertz CT molecular complexity index is 353. The maximum Gasteiger partial charge on any atom is 0.0521 e. The molecular weight excluding hydrogens is 182 g/mol. The molecule has 1 saturated carbocycles. The molecule has 2 fully saturated rings. The zero-order valence-corrected chi connectivity index (χ0v) is 9.61. The molecule has 1 aromatic carbocycles. The predicted octanol–water partition coefficient (Wildman–Crippen LogP) is 2.87. The molecule has 1 nitrogen and oxygen atoms in total. The highest BCUT2D eigenvalue weighted by Gasteiger charge is 2.69. The monoisotopic (exact) mass is 201 g/mol. The number of benzene rings is 1. The van der Waals surface area contributed by atoms with E-state index in [0.29, 0.717) is 5.54 Å². The first kappa shape index (κ1) is 9.41.